The Bertz CT molecular complexity index is 399. The van der Waals surface area contributed by atoms with Crippen LogP contribution in [0.25, 0.3) is 0 Å². The molecule has 5 heteroatoms. The summed E-state index contributed by atoms with van der Waals surface area (Å²) in [5.41, 5.74) is 2.90. The molecule has 0 saturated carbocycles. The summed E-state index contributed by atoms with van der Waals surface area (Å²) in [4.78, 5) is 0. The lowest BCUT2D eigenvalue weighted by atomic mass is 9.89. The zero-order valence-corrected chi connectivity index (χ0v) is 10.4. The van der Waals surface area contributed by atoms with Gasteiger partial charge in [-0.15, -0.1) is 0 Å². The third-order valence-corrected chi connectivity index (χ3v) is 3.55. The molecular weight excluding hydrogens is 238 g/mol. The Balaban J connectivity index is 2.14. The summed E-state index contributed by atoms with van der Waals surface area (Å²) in [5, 5.41) is 0. The number of halogens is 2. The summed E-state index contributed by atoms with van der Waals surface area (Å²) in [6.45, 7) is 2.67. The third kappa shape index (κ3) is 2.85. The van der Waals surface area contributed by atoms with Crippen molar-refractivity contribution in [1.29, 1.82) is 0 Å². The lowest BCUT2D eigenvalue weighted by Gasteiger charge is -2.33. The smallest absolute Gasteiger partial charge is 0.126 e. The lowest BCUT2D eigenvalue weighted by Crippen LogP contribution is -2.52. The first-order valence-electron chi connectivity index (χ1n) is 6.08. The van der Waals surface area contributed by atoms with Crippen LogP contribution in [-0.4, -0.2) is 18.2 Å². The molecule has 0 aliphatic carbocycles. The van der Waals surface area contributed by atoms with Crippen molar-refractivity contribution in [2.45, 2.75) is 37.8 Å². The van der Waals surface area contributed by atoms with Crippen LogP contribution in [0.15, 0.2) is 18.2 Å². The SMILES string of the molecule is CC1(C(Cc2cc(F)cc(F)c2)NN)CCCO1. The molecule has 2 unspecified atom stereocenters. The predicted molar refractivity (Wildman–Crippen MR) is 64.8 cm³/mol. The van der Waals surface area contributed by atoms with E-state index in [4.69, 9.17) is 10.6 Å². The zero-order valence-electron chi connectivity index (χ0n) is 10.4. The normalized spacial score (nSPS) is 25.3. The molecule has 3 nitrogen and oxygen atoms in total. The number of hydrogen-bond acceptors (Lipinski definition) is 3. The van der Waals surface area contributed by atoms with E-state index in [1.54, 1.807) is 0 Å². The van der Waals surface area contributed by atoms with E-state index in [0.717, 1.165) is 18.9 Å². The van der Waals surface area contributed by atoms with Crippen LogP contribution in [0.4, 0.5) is 8.78 Å². The highest BCUT2D eigenvalue weighted by atomic mass is 19.1. The van der Waals surface area contributed by atoms with E-state index in [1.807, 2.05) is 6.92 Å². The molecule has 2 atom stereocenters. The molecule has 0 radical (unpaired) electrons. The second kappa shape index (κ2) is 5.30. The summed E-state index contributed by atoms with van der Waals surface area (Å²) >= 11 is 0. The average Bonchev–Trinajstić information content (AvgIpc) is 2.72. The van der Waals surface area contributed by atoms with Gasteiger partial charge in [-0.05, 0) is 43.9 Å². The van der Waals surface area contributed by atoms with Gasteiger partial charge in [0.15, 0.2) is 0 Å². The molecule has 0 spiro atoms. The maximum Gasteiger partial charge on any atom is 0.126 e. The predicted octanol–water partition coefficient (Wildman–Crippen LogP) is 1.91. The highest BCUT2D eigenvalue weighted by Gasteiger charge is 2.37. The van der Waals surface area contributed by atoms with E-state index in [1.165, 1.54) is 12.1 Å². The number of hydrazine groups is 1. The van der Waals surface area contributed by atoms with Crippen molar-refractivity contribution in [3.8, 4) is 0 Å². The van der Waals surface area contributed by atoms with Gasteiger partial charge in [0.05, 0.1) is 11.6 Å². The van der Waals surface area contributed by atoms with E-state index in [2.05, 4.69) is 5.43 Å². The number of nitrogens with one attached hydrogen (secondary N) is 1. The molecule has 1 heterocycles. The van der Waals surface area contributed by atoms with Gasteiger partial charge >= 0.3 is 0 Å². The van der Waals surface area contributed by atoms with Gasteiger partial charge in [0, 0.05) is 12.7 Å². The Kier molecular flexibility index (Phi) is 3.94. The van der Waals surface area contributed by atoms with Gasteiger partial charge in [0.25, 0.3) is 0 Å². The van der Waals surface area contributed by atoms with Crippen LogP contribution in [0.3, 0.4) is 0 Å². The Hall–Kier alpha value is -1.04. The monoisotopic (exact) mass is 256 g/mol. The van der Waals surface area contributed by atoms with Gasteiger partial charge in [-0.25, -0.2) is 8.78 Å². The number of ether oxygens (including phenoxy) is 1. The minimum absolute atomic E-state index is 0.166. The van der Waals surface area contributed by atoms with Crippen molar-refractivity contribution in [2.75, 3.05) is 6.61 Å². The van der Waals surface area contributed by atoms with Crippen molar-refractivity contribution in [3.63, 3.8) is 0 Å². The molecule has 18 heavy (non-hydrogen) atoms. The van der Waals surface area contributed by atoms with Gasteiger partial charge in [-0.2, -0.15) is 0 Å². The molecule has 1 aromatic carbocycles. The van der Waals surface area contributed by atoms with Crippen molar-refractivity contribution in [2.24, 2.45) is 5.84 Å². The molecule has 1 fully saturated rings. The summed E-state index contributed by atoms with van der Waals surface area (Å²) in [6, 6.07) is 3.35. The first kappa shape index (κ1) is 13.4. The van der Waals surface area contributed by atoms with Crippen molar-refractivity contribution in [1.82, 2.24) is 5.43 Å². The van der Waals surface area contributed by atoms with Crippen LogP contribution in [0.1, 0.15) is 25.3 Å². The molecular formula is C13H18F2N2O. The molecule has 0 bridgehead atoms. The molecule has 100 valence electrons. The molecule has 1 aliphatic rings. The first-order valence-corrected chi connectivity index (χ1v) is 6.08. The van der Waals surface area contributed by atoms with Crippen LogP contribution < -0.4 is 11.3 Å². The number of hydrogen-bond donors (Lipinski definition) is 2. The molecule has 0 aromatic heterocycles. The topological polar surface area (TPSA) is 47.3 Å². The van der Waals surface area contributed by atoms with Gasteiger partial charge in [0.2, 0.25) is 0 Å². The largest absolute Gasteiger partial charge is 0.374 e. The molecule has 1 aromatic rings. The quantitative estimate of drug-likeness (QED) is 0.639. The van der Waals surface area contributed by atoms with E-state index < -0.39 is 11.6 Å². The number of nitrogens with two attached hydrogens (primary N) is 1. The molecule has 0 amide bonds. The Morgan fingerprint density at radius 3 is 2.56 bits per heavy atom. The maximum absolute atomic E-state index is 13.1. The molecule has 3 N–H and O–H groups in total. The summed E-state index contributed by atoms with van der Waals surface area (Å²) in [7, 11) is 0. The van der Waals surface area contributed by atoms with Gasteiger partial charge in [0.1, 0.15) is 11.6 Å². The third-order valence-electron chi connectivity index (χ3n) is 3.55. The van der Waals surface area contributed by atoms with Gasteiger partial charge in [-0.1, -0.05) is 0 Å². The molecule has 2 rings (SSSR count). The summed E-state index contributed by atoms with van der Waals surface area (Å²) in [5.74, 6) is 4.40. The highest BCUT2D eigenvalue weighted by Crippen LogP contribution is 2.30. The molecule has 1 aliphatic heterocycles. The highest BCUT2D eigenvalue weighted by molar-refractivity contribution is 5.20. The van der Waals surface area contributed by atoms with Crippen molar-refractivity contribution < 1.29 is 13.5 Å². The van der Waals surface area contributed by atoms with E-state index >= 15 is 0 Å². The van der Waals surface area contributed by atoms with Crippen molar-refractivity contribution >= 4 is 0 Å². The minimum atomic E-state index is -0.571. The summed E-state index contributed by atoms with van der Waals surface area (Å²) < 4.78 is 32.0. The van der Waals surface area contributed by atoms with E-state index in [0.29, 0.717) is 18.6 Å². The average molecular weight is 256 g/mol. The lowest BCUT2D eigenvalue weighted by molar-refractivity contribution is -0.0115. The van der Waals surface area contributed by atoms with Gasteiger partial charge < -0.3 is 4.74 Å². The summed E-state index contributed by atoms with van der Waals surface area (Å²) in [6.07, 6.45) is 2.30. The van der Waals surface area contributed by atoms with E-state index in [-0.39, 0.29) is 11.6 Å². The standard InChI is InChI=1S/C13H18F2N2O/c1-13(3-2-4-18-13)12(17-16)7-9-5-10(14)8-11(15)6-9/h5-6,8,12,17H,2-4,7,16H2,1H3. The van der Waals surface area contributed by atoms with Crippen LogP contribution >= 0.6 is 0 Å². The Morgan fingerprint density at radius 1 is 1.39 bits per heavy atom. The van der Waals surface area contributed by atoms with Crippen LogP contribution in [-0.2, 0) is 11.2 Å². The van der Waals surface area contributed by atoms with Gasteiger partial charge in [-0.3, -0.25) is 11.3 Å². The van der Waals surface area contributed by atoms with Crippen molar-refractivity contribution in [3.05, 3.63) is 35.4 Å². The second-order valence-electron chi connectivity index (χ2n) is 4.97. The van der Waals surface area contributed by atoms with E-state index in [9.17, 15) is 8.78 Å². The molecule has 1 saturated heterocycles. The van der Waals surface area contributed by atoms with Crippen LogP contribution in [0.2, 0.25) is 0 Å². The van der Waals surface area contributed by atoms with Crippen LogP contribution in [0.5, 0.6) is 0 Å². The fourth-order valence-corrected chi connectivity index (χ4v) is 2.49. The van der Waals surface area contributed by atoms with Crippen LogP contribution in [0, 0.1) is 11.6 Å². The second-order valence-corrected chi connectivity index (χ2v) is 4.97. The number of rotatable bonds is 4. The Morgan fingerprint density at radius 2 is 2.06 bits per heavy atom. The maximum atomic E-state index is 13.1. The number of benzene rings is 1. The fourth-order valence-electron chi connectivity index (χ4n) is 2.49. The Labute approximate surface area is 105 Å². The first-order chi connectivity index (χ1) is 8.53. The fraction of sp³-hybridized carbons (Fsp3) is 0.538. The zero-order chi connectivity index (χ0) is 13.2. The minimum Gasteiger partial charge on any atom is -0.374 e.